The first-order valence-electron chi connectivity index (χ1n) is 7.49. The zero-order valence-electron chi connectivity index (χ0n) is 12.0. The maximum absolute atomic E-state index is 6.04. The number of hydrogen-bond donors (Lipinski definition) is 1. The molecule has 1 unspecified atom stereocenters. The average molecular weight is 278 g/mol. The number of para-hydroxylation sites is 1. The van der Waals surface area contributed by atoms with Gasteiger partial charge >= 0.3 is 0 Å². The lowest BCUT2D eigenvalue weighted by Crippen LogP contribution is -2.41. The summed E-state index contributed by atoms with van der Waals surface area (Å²) in [7, 11) is 0. The maximum atomic E-state index is 6.04. The minimum atomic E-state index is 0.498. The minimum Gasteiger partial charge on any atom is -0.367 e. The van der Waals surface area contributed by atoms with E-state index in [9.17, 15) is 0 Å². The summed E-state index contributed by atoms with van der Waals surface area (Å²) in [6.45, 7) is 4.15. The van der Waals surface area contributed by atoms with Crippen molar-refractivity contribution in [3.05, 3.63) is 29.8 Å². The predicted molar refractivity (Wildman–Crippen MR) is 87.2 cm³/mol. The zero-order valence-corrected chi connectivity index (χ0v) is 12.8. The monoisotopic (exact) mass is 278 g/mol. The third kappa shape index (κ3) is 3.90. The van der Waals surface area contributed by atoms with E-state index in [0.29, 0.717) is 6.04 Å². The highest BCUT2D eigenvalue weighted by atomic mass is 32.2. The van der Waals surface area contributed by atoms with E-state index in [1.54, 1.807) is 0 Å². The van der Waals surface area contributed by atoms with Gasteiger partial charge in [0.2, 0.25) is 0 Å². The van der Waals surface area contributed by atoms with Crippen LogP contribution in [0, 0.1) is 0 Å². The molecular formula is C16H26N2S. The molecular weight excluding hydrogens is 252 g/mol. The van der Waals surface area contributed by atoms with Crippen molar-refractivity contribution in [2.24, 2.45) is 5.73 Å². The molecule has 2 N–H and O–H groups in total. The summed E-state index contributed by atoms with van der Waals surface area (Å²) in [5.74, 6) is 2.42. The summed E-state index contributed by atoms with van der Waals surface area (Å²) in [6, 6.07) is 9.37. The van der Waals surface area contributed by atoms with Gasteiger partial charge in [-0.15, -0.1) is 0 Å². The molecule has 2 rings (SSSR count). The molecule has 0 saturated heterocycles. The Morgan fingerprint density at radius 3 is 2.95 bits per heavy atom. The van der Waals surface area contributed by atoms with Gasteiger partial charge in [0.15, 0.2) is 0 Å². The average Bonchev–Trinajstić information content (AvgIpc) is 2.66. The van der Waals surface area contributed by atoms with Crippen LogP contribution in [0.25, 0.3) is 0 Å². The van der Waals surface area contributed by atoms with E-state index < -0.39 is 0 Å². The molecule has 2 nitrogen and oxygen atoms in total. The van der Waals surface area contributed by atoms with Crippen molar-refractivity contribution in [3.8, 4) is 0 Å². The van der Waals surface area contributed by atoms with Crippen LogP contribution in [0.5, 0.6) is 0 Å². The molecule has 1 aromatic carbocycles. The van der Waals surface area contributed by atoms with Gasteiger partial charge in [0.25, 0.3) is 0 Å². The number of aryl methyl sites for hydroxylation is 1. The summed E-state index contributed by atoms with van der Waals surface area (Å²) < 4.78 is 0. The molecule has 1 aliphatic rings. The number of fused-ring (bicyclic) bond motifs is 1. The number of anilines is 1. The maximum Gasteiger partial charge on any atom is 0.0420 e. The molecule has 0 aliphatic carbocycles. The molecule has 0 amide bonds. The molecule has 0 saturated carbocycles. The van der Waals surface area contributed by atoms with Gasteiger partial charge in [-0.05, 0) is 48.8 Å². The fourth-order valence-corrected chi connectivity index (χ4v) is 3.59. The Kier molecular flexibility index (Phi) is 6.05. The number of rotatable bonds is 6. The molecule has 19 heavy (non-hydrogen) atoms. The highest BCUT2D eigenvalue weighted by Gasteiger charge is 2.21. The van der Waals surface area contributed by atoms with E-state index in [1.165, 1.54) is 48.4 Å². The quantitative estimate of drug-likeness (QED) is 0.810. The Bertz CT molecular complexity index is 381. The van der Waals surface area contributed by atoms with E-state index in [0.717, 1.165) is 13.1 Å². The molecule has 3 heteroatoms. The smallest absolute Gasteiger partial charge is 0.0420 e. The molecule has 0 fully saturated rings. The first kappa shape index (κ1) is 14.7. The van der Waals surface area contributed by atoms with Crippen molar-refractivity contribution < 1.29 is 0 Å². The van der Waals surface area contributed by atoms with Crippen molar-refractivity contribution >= 4 is 17.4 Å². The molecule has 106 valence electrons. The lowest BCUT2D eigenvalue weighted by Gasteiger charge is -2.33. The van der Waals surface area contributed by atoms with Crippen LogP contribution in [0.15, 0.2) is 24.3 Å². The molecule has 1 aromatic rings. The first-order valence-corrected chi connectivity index (χ1v) is 8.64. The highest BCUT2D eigenvalue weighted by Crippen LogP contribution is 2.28. The second kappa shape index (κ2) is 7.81. The Labute approximate surface area is 121 Å². The zero-order chi connectivity index (χ0) is 13.5. The molecule has 1 aliphatic heterocycles. The van der Waals surface area contributed by atoms with E-state index in [4.69, 9.17) is 5.73 Å². The van der Waals surface area contributed by atoms with Gasteiger partial charge < -0.3 is 10.6 Å². The second-order valence-electron chi connectivity index (χ2n) is 5.15. The Morgan fingerprint density at radius 1 is 1.32 bits per heavy atom. The number of nitrogens with two attached hydrogens (primary N) is 1. The molecule has 1 heterocycles. The summed E-state index contributed by atoms with van der Waals surface area (Å²) in [4.78, 5) is 2.57. The van der Waals surface area contributed by atoms with E-state index in [1.807, 2.05) is 11.8 Å². The van der Waals surface area contributed by atoms with Crippen molar-refractivity contribution in [3.63, 3.8) is 0 Å². The van der Waals surface area contributed by atoms with Crippen LogP contribution >= 0.6 is 11.8 Å². The Hall–Kier alpha value is -0.670. The minimum absolute atomic E-state index is 0.498. The molecule has 0 spiro atoms. The Morgan fingerprint density at radius 2 is 2.16 bits per heavy atom. The normalized spacial score (nSPS) is 16.8. The van der Waals surface area contributed by atoms with Crippen LogP contribution in [-0.4, -0.2) is 30.6 Å². The van der Waals surface area contributed by atoms with Gasteiger partial charge in [0.05, 0.1) is 0 Å². The fraction of sp³-hybridized carbons (Fsp3) is 0.625. The van der Waals surface area contributed by atoms with Crippen LogP contribution in [0.4, 0.5) is 5.69 Å². The summed E-state index contributed by atoms with van der Waals surface area (Å²) >= 11 is 2.02. The first-order chi connectivity index (χ1) is 9.36. The number of nitrogens with zero attached hydrogens (tertiary/aromatic N) is 1. The van der Waals surface area contributed by atoms with Crippen LogP contribution in [0.1, 0.15) is 31.7 Å². The molecule has 0 radical (unpaired) electrons. The van der Waals surface area contributed by atoms with Crippen LogP contribution in [0.3, 0.4) is 0 Å². The van der Waals surface area contributed by atoms with Gasteiger partial charge in [-0.3, -0.25) is 0 Å². The molecule has 1 atom stereocenters. The van der Waals surface area contributed by atoms with Crippen molar-refractivity contribution in [2.75, 3.05) is 29.5 Å². The van der Waals surface area contributed by atoms with Gasteiger partial charge in [-0.25, -0.2) is 0 Å². The van der Waals surface area contributed by atoms with Crippen LogP contribution < -0.4 is 10.6 Å². The van der Waals surface area contributed by atoms with Gasteiger partial charge in [-0.2, -0.15) is 11.8 Å². The van der Waals surface area contributed by atoms with E-state index in [-0.39, 0.29) is 0 Å². The van der Waals surface area contributed by atoms with E-state index >= 15 is 0 Å². The third-order valence-electron chi connectivity index (χ3n) is 3.91. The molecule has 0 aromatic heterocycles. The number of benzene rings is 1. The standard InChI is InChI=1S/C16H26N2S/c1-2-19-12-10-15(13-17)18-11-6-5-8-14-7-3-4-9-16(14)18/h3-4,7,9,15H,2,5-6,8,10-13,17H2,1H3. The topological polar surface area (TPSA) is 29.3 Å². The van der Waals surface area contributed by atoms with Crippen LogP contribution in [0.2, 0.25) is 0 Å². The van der Waals surface area contributed by atoms with Gasteiger partial charge in [0, 0.05) is 24.8 Å². The summed E-state index contributed by atoms with van der Waals surface area (Å²) in [5.41, 5.74) is 8.97. The largest absolute Gasteiger partial charge is 0.367 e. The SMILES string of the molecule is CCSCCC(CN)N1CCCCc2ccccc21. The van der Waals surface area contributed by atoms with Crippen molar-refractivity contribution in [1.29, 1.82) is 0 Å². The fourth-order valence-electron chi connectivity index (χ4n) is 2.86. The van der Waals surface area contributed by atoms with E-state index in [2.05, 4.69) is 36.1 Å². The lowest BCUT2D eigenvalue weighted by atomic mass is 10.1. The lowest BCUT2D eigenvalue weighted by molar-refractivity contribution is 0.574. The predicted octanol–water partition coefficient (Wildman–Crippen LogP) is 3.30. The number of hydrogen-bond acceptors (Lipinski definition) is 3. The number of thioether (sulfide) groups is 1. The molecule has 0 bridgehead atoms. The van der Waals surface area contributed by atoms with Crippen molar-refractivity contribution in [1.82, 2.24) is 0 Å². The summed E-state index contributed by atoms with van der Waals surface area (Å²) in [6.07, 6.45) is 5.00. The Balaban J connectivity index is 2.12. The second-order valence-corrected chi connectivity index (χ2v) is 6.55. The van der Waals surface area contributed by atoms with Gasteiger partial charge in [-0.1, -0.05) is 25.1 Å². The van der Waals surface area contributed by atoms with Crippen LogP contribution in [-0.2, 0) is 6.42 Å². The van der Waals surface area contributed by atoms with Gasteiger partial charge in [0.1, 0.15) is 0 Å². The highest BCUT2D eigenvalue weighted by molar-refractivity contribution is 7.99. The summed E-state index contributed by atoms with van der Waals surface area (Å²) in [5, 5.41) is 0. The third-order valence-corrected chi connectivity index (χ3v) is 4.84. The van der Waals surface area contributed by atoms with Crippen molar-refractivity contribution in [2.45, 2.75) is 38.6 Å².